The Kier molecular flexibility index (Phi) is 5.45. The minimum atomic E-state index is -0.518. The monoisotopic (exact) mass is 274 g/mol. The van der Waals surface area contributed by atoms with Gasteiger partial charge in [0.25, 0.3) is 0 Å². The highest BCUT2D eigenvalue weighted by Gasteiger charge is 2.13. The minimum absolute atomic E-state index is 0.0816. The van der Waals surface area contributed by atoms with E-state index in [0.717, 1.165) is 0 Å². The van der Waals surface area contributed by atoms with Crippen molar-refractivity contribution in [2.75, 3.05) is 6.61 Å². The highest BCUT2D eigenvalue weighted by molar-refractivity contribution is 6.42. The van der Waals surface area contributed by atoms with E-state index in [9.17, 15) is 9.59 Å². The topological polar surface area (TPSA) is 43.4 Å². The van der Waals surface area contributed by atoms with Crippen molar-refractivity contribution >= 4 is 35.0 Å². The van der Waals surface area contributed by atoms with Crippen LogP contribution in [0.2, 0.25) is 10.0 Å². The quantitative estimate of drug-likeness (QED) is 0.612. The van der Waals surface area contributed by atoms with Crippen molar-refractivity contribution in [3.8, 4) is 0 Å². The molecule has 0 aliphatic rings. The molecule has 0 aromatic heterocycles. The van der Waals surface area contributed by atoms with E-state index in [1.54, 1.807) is 25.1 Å². The van der Waals surface area contributed by atoms with Gasteiger partial charge in [-0.15, -0.1) is 0 Å². The van der Waals surface area contributed by atoms with E-state index in [0.29, 0.717) is 15.6 Å². The Balaban J connectivity index is 2.62. The van der Waals surface area contributed by atoms with Gasteiger partial charge in [0.2, 0.25) is 0 Å². The predicted molar refractivity (Wildman–Crippen MR) is 66.4 cm³/mol. The fourth-order valence-electron chi connectivity index (χ4n) is 1.33. The van der Waals surface area contributed by atoms with Crippen LogP contribution in [0.25, 0.3) is 0 Å². The first kappa shape index (κ1) is 14.0. The molecule has 0 saturated heterocycles. The lowest BCUT2D eigenvalue weighted by Crippen LogP contribution is -2.13. The van der Waals surface area contributed by atoms with Crippen molar-refractivity contribution < 1.29 is 14.3 Å². The minimum Gasteiger partial charge on any atom is -0.466 e. The van der Waals surface area contributed by atoms with Gasteiger partial charge in [-0.3, -0.25) is 9.59 Å². The van der Waals surface area contributed by atoms with E-state index >= 15 is 0 Å². The molecule has 0 atom stereocenters. The van der Waals surface area contributed by atoms with Crippen LogP contribution in [0.4, 0.5) is 0 Å². The lowest BCUT2D eigenvalue weighted by Gasteiger charge is -2.05. The Bertz CT molecular complexity index is 430. The van der Waals surface area contributed by atoms with Gasteiger partial charge in [-0.2, -0.15) is 0 Å². The number of halogens is 2. The molecule has 0 fully saturated rings. The zero-order valence-corrected chi connectivity index (χ0v) is 10.8. The van der Waals surface area contributed by atoms with Gasteiger partial charge in [-0.1, -0.05) is 35.3 Å². The van der Waals surface area contributed by atoms with Crippen molar-refractivity contribution in [1.29, 1.82) is 0 Å². The number of esters is 1. The fraction of sp³-hybridized carbons (Fsp3) is 0.333. The van der Waals surface area contributed by atoms with Crippen molar-refractivity contribution in [2.45, 2.75) is 19.8 Å². The second-order valence-electron chi connectivity index (χ2n) is 3.41. The van der Waals surface area contributed by atoms with Crippen molar-refractivity contribution in [1.82, 2.24) is 0 Å². The largest absolute Gasteiger partial charge is 0.466 e. The molecular weight excluding hydrogens is 263 g/mol. The Hall–Kier alpha value is -1.06. The number of benzene rings is 1. The number of carbonyl (C=O) groups is 2. The Morgan fingerprint density at radius 1 is 1.29 bits per heavy atom. The molecule has 0 amide bonds. The summed E-state index contributed by atoms with van der Waals surface area (Å²) >= 11 is 11.8. The van der Waals surface area contributed by atoms with Gasteiger partial charge in [0.1, 0.15) is 12.2 Å². The summed E-state index contributed by atoms with van der Waals surface area (Å²) in [5.41, 5.74) is 0.619. The Morgan fingerprint density at radius 2 is 2.00 bits per heavy atom. The van der Waals surface area contributed by atoms with Crippen LogP contribution >= 0.6 is 23.2 Å². The van der Waals surface area contributed by atoms with Gasteiger partial charge in [0.05, 0.1) is 16.7 Å². The van der Waals surface area contributed by atoms with Crippen molar-refractivity contribution in [2.24, 2.45) is 0 Å². The number of rotatable bonds is 5. The average Bonchev–Trinajstić information content (AvgIpc) is 2.25. The highest BCUT2D eigenvalue weighted by Crippen LogP contribution is 2.26. The first-order valence-electron chi connectivity index (χ1n) is 5.14. The number of ketones is 1. The van der Waals surface area contributed by atoms with Gasteiger partial charge < -0.3 is 4.74 Å². The average molecular weight is 275 g/mol. The molecule has 0 heterocycles. The first-order chi connectivity index (χ1) is 8.04. The normalized spacial score (nSPS) is 10.1. The molecular formula is C12H12Cl2O3. The number of hydrogen-bond acceptors (Lipinski definition) is 3. The maximum absolute atomic E-state index is 11.6. The zero-order valence-electron chi connectivity index (χ0n) is 9.33. The molecule has 0 bridgehead atoms. The molecule has 17 heavy (non-hydrogen) atoms. The van der Waals surface area contributed by atoms with Crippen LogP contribution in [-0.4, -0.2) is 18.4 Å². The van der Waals surface area contributed by atoms with E-state index < -0.39 is 5.97 Å². The van der Waals surface area contributed by atoms with E-state index in [1.165, 1.54) is 0 Å². The molecule has 1 rings (SSSR count). The third-order valence-corrected chi connectivity index (χ3v) is 2.92. The summed E-state index contributed by atoms with van der Waals surface area (Å²) < 4.78 is 4.69. The van der Waals surface area contributed by atoms with E-state index in [1.807, 2.05) is 0 Å². The van der Waals surface area contributed by atoms with Gasteiger partial charge >= 0.3 is 5.97 Å². The number of carbonyl (C=O) groups excluding carboxylic acids is 2. The van der Waals surface area contributed by atoms with Crippen LogP contribution in [0.15, 0.2) is 18.2 Å². The molecule has 5 heteroatoms. The highest BCUT2D eigenvalue weighted by atomic mass is 35.5. The predicted octanol–water partition coefficient (Wildman–Crippen LogP) is 3.06. The third-order valence-electron chi connectivity index (χ3n) is 2.07. The van der Waals surface area contributed by atoms with Gasteiger partial charge in [0.15, 0.2) is 0 Å². The third kappa shape index (κ3) is 4.36. The van der Waals surface area contributed by atoms with Gasteiger partial charge in [-0.05, 0) is 18.6 Å². The lowest BCUT2D eigenvalue weighted by atomic mass is 10.1. The maximum atomic E-state index is 11.6. The Morgan fingerprint density at radius 3 is 2.65 bits per heavy atom. The molecule has 0 saturated carbocycles. The SMILES string of the molecule is CCOC(=O)CC(=O)Cc1cccc(Cl)c1Cl. The second kappa shape index (κ2) is 6.62. The standard InChI is InChI=1S/C12H12Cl2O3/c1-2-17-11(16)7-9(15)6-8-4-3-5-10(13)12(8)14/h3-5H,2,6-7H2,1H3. The van der Waals surface area contributed by atoms with Crippen molar-refractivity contribution in [3.05, 3.63) is 33.8 Å². The molecule has 92 valence electrons. The van der Waals surface area contributed by atoms with Crippen LogP contribution in [0.5, 0.6) is 0 Å². The molecule has 1 aromatic rings. The van der Waals surface area contributed by atoms with Gasteiger partial charge in [-0.25, -0.2) is 0 Å². The van der Waals surface area contributed by atoms with Crippen LogP contribution < -0.4 is 0 Å². The molecule has 3 nitrogen and oxygen atoms in total. The number of hydrogen-bond donors (Lipinski definition) is 0. The summed E-state index contributed by atoms with van der Waals surface area (Å²) in [5.74, 6) is -0.761. The van der Waals surface area contributed by atoms with Crippen LogP contribution in [-0.2, 0) is 20.7 Å². The smallest absolute Gasteiger partial charge is 0.313 e. The van der Waals surface area contributed by atoms with E-state index in [4.69, 9.17) is 23.2 Å². The number of ether oxygens (including phenoxy) is 1. The molecule has 1 aromatic carbocycles. The molecule has 0 aliphatic heterocycles. The maximum Gasteiger partial charge on any atom is 0.313 e. The summed E-state index contributed by atoms with van der Waals surface area (Å²) in [6, 6.07) is 5.06. The fourth-order valence-corrected chi connectivity index (χ4v) is 1.72. The second-order valence-corrected chi connectivity index (χ2v) is 4.20. The Labute approximate surface area is 110 Å². The van der Waals surface area contributed by atoms with E-state index in [2.05, 4.69) is 4.74 Å². The van der Waals surface area contributed by atoms with Crippen LogP contribution in [0.1, 0.15) is 18.9 Å². The summed E-state index contributed by atoms with van der Waals surface area (Å²) in [4.78, 5) is 22.7. The van der Waals surface area contributed by atoms with Crippen LogP contribution in [0.3, 0.4) is 0 Å². The lowest BCUT2D eigenvalue weighted by molar-refractivity contribution is -0.145. The van der Waals surface area contributed by atoms with Gasteiger partial charge in [0, 0.05) is 6.42 Å². The first-order valence-corrected chi connectivity index (χ1v) is 5.90. The summed E-state index contributed by atoms with van der Waals surface area (Å²) in [7, 11) is 0. The molecule has 0 aliphatic carbocycles. The van der Waals surface area contributed by atoms with Crippen molar-refractivity contribution in [3.63, 3.8) is 0 Å². The van der Waals surface area contributed by atoms with Crippen LogP contribution in [0, 0.1) is 0 Å². The molecule has 0 N–H and O–H groups in total. The summed E-state index contributed by atoms with van der Waals surface area (Å²) in [6.07, 6.45) is -0.158. The molecule has 0 spiro atoms. The molecule has 0 radical (unpaired) electrons. The number of Topliss-reactive ketones (excluding diaryl/α,β-unsaturated/α-hetero) is 1. The van der Waals surface area contributed by atoms with E-state index in [-0.39, 0.29) is 25.2 Å². The molecule has 0 unspecified atom stereocenters. The summed E-state index contributed by atoms with van der Waals surface area (Å²) in [5, 5.41) is 0.750. The summed E-state index contributed by atoms with van der Waals surface area (Å²) in [6.45, 7) is 1.96. The zero-order chi connectivity index (χ0) is 12.8.